The number of benzene rings is 2. The highest BCUT2D eigenvalue weighted by atomic mass is 16.5. The van der Waals surface area contributed by atoms with Gasteiger partial charge < -0.3 is 4.74 Å². The number of hydrogen-bond acceptors (Lipinski definition) is 1. The van der Waals surface area contributed by atoms with Gasteiger partial charge in [0.15, 0.2) is 0 Å². The molecule has 2 aromatic rings. The first-order chi connectivity index (χ1) is 8.29. The third-order valence-electron chi connectivity index (χ3n) is 2.86. The van der Waals surface area contributed by atoms with Gasteiger partial charge in [-0.1, -0.05) is 44.2 Å². The lowest BCUT2D eigenvalue weighted by molar-refractivity contribution is 0.482. The number of hydrogen-bond donors (Lipinski definition) is 0. The van der Waals surface area contributed by atoms with Crippen LogP contribution >= 0.6 is 0 Å². The van der Waals surface area contributed by atoms with E-state index in [-0.39, 0.29) is 0 Å². The van der Waals surface area contributed by atoms with Crippen molar-refractivity contribution in [3.63, 3.8) is 0 Å². The summed E-state index contributed by atoms with van der Waals surface area (Å²) >= 11 is 0. The van der Waals surface area contributed by atoms with Crippen molar-refractivity contribution >= 4 is 0 Å². The van der Waals surface area contributed by atoms with E-state index in [1.165, 1.54) is 11.5 Å². The molecule has 0 aliphatic heterocycles. The van der Waals surface area contributed by atoms with Crippen LogP contribution in [0.4, 0.5) is 0 Å². The molecule has 2 rings (SSSR count). The highest BCUT2D eigenvalue weighted by Gasteiger charge is 2.03. The van der Waals surface area contributed by atoms with Crippen molar-refractivity contribution in [1.29, 1.82) is 0 Å². The monoisotopic (exact) mass is 225 g/mol. The van der Waals surface area contributed by atoms with E-state index in [2.05, 4.69) is 26.0 Å². The Hall–Kier alpha value is -1.76. The zero-order valence-corrected chi connectivity index (χ0v) is 10.3. The van der Waals surface area contributed by atoms with Gasteiger partial charge in [0.1, 0.15) is 11.5 Å². The average molecular weight is 225 g/mol. The van der Waals surface area contributed by atoms with E-state index in [4.69, 9.17) is 4.74 Å². The second-order valence-corrected chi connectivity index (χ2v) is 4.07. The molecular formula is C16H17O. The van der Waals surface area contributed by atoms with Gasteiger partial charge in [0.2, 0.25) is 0 Å². The van der Waals surface area contributed by atoms with Crippen LogP contribution in [-0.4, -0.2) is 0 Å². The van der Waals surface area contributed by atoms with Crippen LogP contribution < -0.4 is 4.74 Å². The van der Waals surface area contributed by atoms with Crippen LogP contribution in [0.3, 0.4) is 0 Å². The summed E-state index contributed by atoms with van der Waals surface area (Å²) in [6.45, 7) is 4.33. The molecule has 0 spiro atoms. The van der Waals surface area contributed by atoms with Gasteiger partial charge in [-0.3, -0.25) is 0 Å². The Morgan fingerprint density at radius 1 is 0.882 bits per heavy atom. The van der Waals surface area contributed by atoms with Crippen LogP contribution in [0.15, 0.2) is 54.6 Å². The molecule has 87 valence electrons. The zero-order valence-electron chi connectivity index (χ0n) is 10.3. The maximum Gasteiger partial charge on any atom is 0.127 e. The summed E-state index contributed by atoms with van der Waals surface area (Å²) in [5.41, 5.74) is 1.29. The fraction of sp³-hybridized carbons (Fsp3) is 0.188. The van der Waals surface area contributed by atoms with Crippen molar-refractivity contribution < 1.29 is 4.74 Å². The summed E-state index contributed by atoms with van der Waals surface area (Å²) in [6, 6.07) is 18.1. The summed E-state index contributed by atoms with van der Waals surface area (Å²) < 4.78 is 5.74. The Bertz CT molecular complexity index is 445. The highest BCUT2D eigenvalue weighted by molar-refractivity contribution is 5.37. The molecule has 0 aromatic heterocycles. The predicted octanol–water partition coefficient (Wildman–Crippen LogP) is 4.83. The third-order valence-corrected chi connectivity index (χ3v) is 2.86. The molecule has 1 nitrogen and oxygen atoms in total. The molecule has 0 heterocycles. The normalized spacial score (nSPS) is 10.5. The van der Waals surface area contributed by atoms with Crippen molar-refractivity contribution in [3.8, 4) is 11.5 Å². The summed E-state index contributed by atoms with van der Waals surface area (Å²) in [5.74, 6) is 3.15. The van der Waals surface area contributed by atoms with E-state index >= 15 is 0 Å². The first-order valence-corrected chi connectivity index (χ1v) is 5.95. The molecule has 0 saturated carbocycles. The summed E-state index contributed by atoms with van der Waals surface area (Å²) in [6.07, 6.45) is 1.08. The van der Waals surface area contributed by atoms with Crippen molar-refractivity contribution in [3.05, 3.63) is 66.1 Å². The van der Waals surface area contributed by atoms with Gasteiger partial charge in [-0.25, -0.2) is 0 Å². The van der Waals surface area contributed by atoms with Crippen LogP contribution in [0.5, 0.6) is 11.5 Å². The van der Waals surface area contributed by atoms with Crippen molar-refractivity contribution in [1.82, 2.24) is 0 Å². The SMILES string of the molecule is CC[C](C)c1ccc(Oc2ccccc2)cc1. The van der Waals surface area contributed by atoms with Crippen LogP contribution in [0.1, 0.15) is 25.8 Å². The van der Waals surface area contributed by atoms with Gasteiger partial charge in [0.25, 0.3) is 0 Å². The first kappa shape index (κ1) is 11.7. The minimum Gasteiger partial charge on any atom is -0.457 e. The molecule has 1 radical (unpaired) electrons. The van der Waals surface area contributed by atoms with E-state index in [9.17, 15) is 0 Å². The standard InChI is InChI=1S/C16H17O/c1-3-13(2)14-9-11-16(12-10-14)17-15-7-5-4-6-8-15/h4-12H,3H2,1-2H3. The summed E-state index contributed by atoms with van der Waals surface area (Å²) in [5, 5.41) is 0. The molecular weight excluding hydrogens is 208 g/mol. The second kappa shape index (κ2) is 5.53. The lowest BCUT2D eigenvalue weighted by Crippen LogP contribution is -1.92. The fourth-order valence-electron chi connectivity index (χ4n) is 1.64. The molecule has 0 fully saturated rings. The molecule has 0 atom stereocenters. The van der Waals surface area contributed by atoms with Gasteiger partial charge >= 0.3 is 0 Å². The molecule has 0 aliphatic rings. The quantitative estimate of drug-likeness (QED) is 0.724. The van der Waals surface area contributed by atoms with E-state index in [1.54, 1.807) is 0 Å². The molecule has 2 aromatic carbocycles. The Balaban J connectivity index is 2.08. The Morgan fingerprint density at radius 3 is 2.06 bits per heavy atom. The molecule has 0 N–H and O–H groups in total. The van der Waals surface area contributed by atoms with Crippen LogP contribution in [0.2, 0.25) is 0 Å². The predicted molar refractivity (Wildman–Crippen MR) is 71.3 cm³/mol. The van der Waals surface area contributed by atoms with Crippen molar-refractivity contribution in [2.75, 3.05) is 0 Å². The lowest BCUT2D eigenvalue weighted by Gasteiger charge is -2.10. The van der Waals surface area contributed by atoms with Crippen LogP contribution in [0, 0.1) is 5.92 Å². The Kier molecular flexibility index (Phi) is 3.81. The first-order valence-electron chi connectivity index (χ1n) is 5.95. The van der Waals surface area contributed by atoms with E-state index < -0.39 is 0 Å². The molecule has 0 amide bonds. The number of para-hydroxylation sites is 1. The molecule has 0 bridgehead atoms. The van der Waals surface area contributed by atoms with Crippen molar-refractivity contribution in [2.45, 2.75) is 20.3 Å². The lowest BCUT2D eigenvalue weighted by atomic mass is 9.99. The highest BCUT2D eigenvalue weighted by Crippen LogP contribution is 2.24. The minimum atomic E-state index is 0.872. The van der Waals surface area contributed by atoms with E-state index in [0.29, 0.717) is 0 Å². The van der Waals surface area contributed by atoms with Crippen molar-refractivity contribution in [2.24, 2.45) is 0 Å². The zero-order chi connectivity index (χ0) is 12.1. The topological polar surface area (TPSA) is 9.23 Å². The molecule has 1 heteroatoms. The number of rotatable bonds is 4. The fourth-order valence-corrected chi connectivity index (χ4v) is 1.64. The van der Waals surface area contributed by atoms with E-state index in [1.807, 2.05) is 42.5 Å². The minimum absolute atomic E-state index is 0.872. The van der Waals surface area contributed by atoms with Crippen LogP contribution in [0.25, 0.3) is 0 Å². The maximum absolute atomic E-state index is 5.74. The molecule has 17 heavy (non-hydrogen) atoms. The smallest absolute Gasteiger partial charge is 0.127 e. The average Bonchev–Trinajstić information content (AvgIpc) is 2.40. The number of ether oxygens (including phenoxy) is 1. The Morgan fingerprint density at radius 2 is 1.47 bits per heavy atom. The van der Waals surface area contributed by atoms with E-state index in [0.717, 1.165) is 17.9 Å². The van der Waals surface area contributed by atoms with Gasteiger partial charge in [-0.15, -0.1) is 0 Å². The van der Waals surface area contributed by atoms with Crippen LogP contribution in [-0.2, 0) is 0 Å². The largest absolute Gasteiger partial charge is 0.457 e. The molecule has 0 aliphatic carbocycles. The van der Waals surface area contributed by atoms with Gasteiger partial charge in [-0.05, 0) is 36.2 Å². The second-order valence-electron chi connectivity index (χ2n) is 4.07. The molecule has 0 saturated heterocycles. The molecule has 0 unspecified atom stereocenters. The summed E-state index contributed by atoms with van der Waals surface area (Å²) in [7, 11) is 0. The third kappa shape index (κ3) is 3.10. The Labute approximate surface area is 103 Å². The van der Waals surface area contributed by atoms with Gasteiger partial charge in [0.05, 0.1) is 0 Å². The maximum atomic E-state index is 5.74. The summed E-state index contributed by atoms with van der Waals surface area (Å²) in [4.78, 5) is 0. The van der Waals surface area contributed by atoms with Gasteiger partial charge in [-0.2, -0.15) is 0 Å². The van der Waals surface area contributed by atoms with Gasteiger partial charge in [0, 0.05) is 5.92 Å².